The van der Waals surface area contributed by atoms with Gasteiger partial charge in [0.1, 0.15) is 5.75 Å². The lowest BCUT2D eigenvalue weighted by Gasteiger charge is -2.01. The minimum atomic E-state index is -0.951. The maximum absolute atomic E-state index is 11.9. The minimum absolute atomic E-state index is 0.346. The van der Waals surface area contributed by atoms with Crippen LogP contribution in [-0.4, -0.2) is 23.8 Å². The summed E-state index contributed by atoms with van der Waals surface area (Å²) in [6, 6.07) is 5.32. The molecule has 2 aromatic rings. The van der Waals surface area contributed by atoms with Gasteiger partial charge in [-0.3, -0.25) is 9.59 Å². The number of benzene rings is 1. The molecular formula is C13H14N2O3. The molecule has 2 rings (SSSR count). The van der Waals surface area contributed by atoms with E-state index in [0.29, 0.717) is 28.8 Å². The van der Waals surface area contributed by atoms with Gasteiger partial charge in [-0.25, -0.2) is 0 Å². The standard InChI is InChI=1S/C13H14N2O3/c1-3-9-11(12(16)13(14)17)8-6-7(18-2)4-5-10(8)15-9/h4-6,15H,3H2,1-2H3,(H2,14,17). The zero-order valence-corrected chi connectivity index (χ0v) is 10.2. The number of amides is 1. The Morgan fingerprint density at radius 1 is 1.39 bits per heavy atom. The van der Waals surface area contributed by atoms with E-state index in [2.05, 4.69) is 4.98 Å². The van der Waals surface area contributed by atoms with Crippen LogP contribution >= 0.6 is 0 Å². The number of H-pyrrole nitrogens is 1. The van der Waals surface area contributed by atoms with Crippen molar-refractivity contribution in [1.82, 2.24) is 4.98 Å². The molecule has 1 aromatic carbocycles. The van der Waals surface area contributed by atoms with Crippen molar-refractivity contribution in [3.8, 4) is 5.75 Å². The summed E-state index contributed by atoms with van der Waals surface area (Å²) in [5, 5.41) is 0.662. The highest BCUT2D eigenvalue weighted by atomic mass is 16.5. The Bertz CT molecular complexity index is 628. The molecule has 0 aliphatic rings. The number of aromatic nitrogens is 1. The van der Waals surface area contributed by atoms with E-state index in [1.807, 2.05) is 13.0 Å². The minimum Gasteiger partial charge on any atom is -0.497 e. The van der Waals surface area contributed by atoms with Gasteiger partial charge in [-0.15, -0.1) is 0 Å². The number of hydrogen-bond donors (Lipinski definition) is 2. The zero-order valence-electron chi connectivity index (χ0n) is 10.2. The maximum atomic E-state index is 11.9. The van der Waals surface area contributed by atoms with Crippen LogP contribution in [0.4, 0.5) is 0 Å². The van der Waals surface area contributed by atoms with Crippen LogP contribution in [0.1, 0.15) is 23.0 Å². The van der Waals surface area contributed by atoms with Crippen molar-refractivity contribution in [2.45, 2.75) is 13.3 Å². The summed E-state index contributed by atoms with van der Waals surface area (Å²) >= 11 is 0. The largest absolute Gasteiger partial charge is 0.497 e. The van der Waals surface area contributed by atoms with Gasteiger partial charge in [0.15, 0.2) is 0 Å². The van der Waals surface area contributed by atoms with Crippen molar-refractivity contribution in [1.29, 1.82) is 0 Å². The Balaban J connectivity index is 2.74. The number of hydrogen-bond acceptors (Lipinski definition) is 3. The molecule has 0 radical (unpaired) electrons. The molecule has 0 atom stereocenters. The van der Waals surface area contributed by atoms with E-state index < -0.39 is 11.7 Å². The molecule has 3 N–H and O–H groups in total. The molecule has 0 saturated heterocycles. The number of methoxy groups -OCH3 is 1. The summed E-state index contributed by atoms with van der Waals surface area (Å²) in [6.07, 6.45) is 0.616. The number of nitrogens with two attached hydrogens (primary N) is 1. The summed E-state index contributed by atoms with van der Waals surface area (Å²) < 4.78 is 5.12. The van der Waals surface area contributed by atoms with Crippen molar-refractivity contribution in [3.05, 3.63) is 29.5 Å². The highest BCUT2D eigenvalue weighted by molar-refractivity contribution is 6.44. The third kappa shape index (κ3) is 1.84. The number of aromatic amines is 1. The number of fused-ring (bicyclic) bond motifs is 1. The molecule has 1 aromatic heterocycles. The van der Waals surface area contributed by atoms with E-state index >= 15 is 0 Å². The van der Waals surface area contributed by atoms with Crippen molar-refractivity contribution < 1.29 is 14.3 Å². The molecule has 5 heteroatoms. The van der Waals surface area contributed by atoms with Gasteiger partial charge in [-0.1, -0.05) is 6.92 Å². The zero-order chi connectivity index (χ0) is 13.3. The van der Waals surface area contributed by atoms with Gasteiger partial charge >= 0.3 is 0 Å². The van der Waals surface area contributed by atoms with Crippen LogP contribution < -0.4 is 10.5 Å². The van der Waals surface area contributed by atoms with Crippen molar-refractivity contribution in [3.63, 3.8) is 0 Å². The second-order valence-corrected chi connectivity index (χ2v) is 3.94. The van der Waals surface area contributed by atoms with Crippen LogP contribution in [0.15, 0.2) is 18.2 Å². The quantitative estimate of drug-likeness (QED) is 0.631. The van der Waals surface area contributed by atoms with E-state index in [1.165, 1.54) is 0 Å². The number of ketones is 1. The third-order valence-corrected chi connectivity index (χ3v) is 2.89. The summed E-state index contributed by atoms with van der Waals surface area (Å²) in [4.78, 5) is 26.1. The Morgan fingerprint density at radius 2 is 2.11 bits per heavy atom. The molecule has 0 fully saturated rings. The average molecular weight is 246 g/mol. The Morgan fingerprint density at radius 3 is 2.67 bits per heavy atom. The highest BCUT2D eigenvalue weighted by Gasteiger charge is 2.21. The van der Waals surface area contributed by atoms with Crippen LogP contribution in [-0.2, 0) is 11.2 Å². The lowest BCUT2D eigenvalue weighted by Crippen LogP contribution is -2.23. The molecule has 0 spiro atoms. The number of rotatable bonds is 4. The van der Waals surface area contributed by atoms with E-state index in [9.17, 15) is 9.59 Å². The number of carbonyl (C=O) groups is 2. The van der Waals surface area contributed by atoms with Crippen molar-refractivity contribution in [2.24, 2.45) is 5.73 Å². The first kappa shape index (κ1) is 12.2. The first-order valence-corrected chi connectivity index (χ1v) is 5.61. The fourth-order valence-electron chi connectivity index (χ4n) is 2.00. The van der Waals surface area contributed by atoms with Crippen LogP contribution in [0, 0.1) is 0 Å². The number of nitrogens with one attached hydrogen (secondary N) is 1. The van der Waals surface area contributed by atoms with E-state index in [4.69, 9.17) is 10.5 Å². The van der Waals surface area contributed by atoms with E-state index in [1.54, 1.807) is 19.2 Å². The summed E-state index contributed by atoms with van der Waals surface area (Å²) in [5.74, 6) is -0.998. The van der Waals surface area contributed by atoms with Crippen LogP contribution in [0.3, 0.4) is 0 Å². The van der Waals surface area contributed by atoms with Gasteiger partial charge in [0, 0.05) is 16.6 Å². The summed E-state index contributed by atoms with van der Waals surface area (Å²) in [7, 11) is 1.55. The van der Waals surface area contributed by atoms with Gasteiger partial charge < -0.3 is 15.5 Å². The summed E-state index contributed by atoms with van der Waals surface area (Å²) in [6.45, 7) is 1.90. The predicted octanol–water partition coefficient (Wildman–Crippen LogP) is 1.41. The lowest BCUT2D eigenvalue weighted by molar-refractivity contribution is -0.114. The molecule has 1 amide bonds. The molecule has 94 valence electrons. The maximum Gasteiger partial charge on any atom is 0.289 e. The average Bonchev–Trinajstić information content (AvgIpc) is 2.74. The van der Waals surface area contributed by atoms with Gasteiger partial charge in [0.05, 0.1) is 12.7 Å². The van der Waals surface area contributed by atoms with E-state index in [-0.39, 0.29) is 0 Å². The summed E-state index contributed by atoms with van der Waals surface area (Å²) in [5.41, 5.74) is 6.92. The fourth-order valence-corrected chi connectivity index (χ4v) is 2.00. The number of carbonyl (C=O) groups excluding carboxylic acids is 2. The van der Waals surface area contributed by atoms with Gasteiger partial charge in [-0.2, -0.15) is 0 Å². The molecule has 0 saturated carbocycles. The fraction of sp³-hybridized carbons (Fsp3) is 0.231. The monoisotopic (exact) mass is 246 g/mol. The molecule has 0 aliphatic heterocycles. The number of aryl methyl sites for hydroxylation is 1. The van der Waals surface area contributed by atoms with Crippen molar-refractivity contribution >= 4 is 22.6 Å². The van der Waals surface area contributed by atoms with Crippen LogP contribution in [0.2, 0.25) is 0 Å². The molecule has 18 heavy (non-hydrogen) atoms. The normalized spacial score (nSPS) is 10.6. The molecule has 0 aliphatic carbocycles. The van der Waals surface area contributed by atoms with Crippen LogP contribution in [0.25, 0.3) is 10.9 Å². The van der Waals surface area contributed by atoms with Gasteiger partial charge in [0.25, 0.3) is 11.7 Å². The van der Waals surface area contributed by atoms with Gasteiger partial charge in [0.2, 0.25) is 0 Å². The first-order chi connectivity index (χ1) is 8.58. The Hall–Kier alpha value is -2.30. The molecule has 5 nitrogen and oxygen atoms in total. The predicted molar refractivity (Wildman–Crippen MR) is 67.8 cm³/mol. The van der Waals surface area contributed by atoms with E-state index in [0.717, 1.165) is 5.52 Å². The number of Topliss-reactive ketones (excluding diaryl/α,β-unsaturated/α-hetero) is 1. The first-order valence-electron chi connectivity index (χ1n) is 5.61. The lowest BCUT2D eigenvalue weighted by atomic mass is 10.0. The SMILES string of the molecule is CCc1[nH]c2ccc(OC)cc2c1C(=O)C(N)=O. The Kier molecular flexibility index (Phi) is 3.06. The Labute approximate surface area is 104 Å². The highest BCUT2D eigenvalue weighted by Crippen LogP contribution is 2.27. The third-order valence-electron chi connectivity index (χ3n) is 2.89. The number of ether oxygens (including phenoxy) is 1. The van der Waals surface area contributed by atoms with Crippen LogP contribution in [0.5, 0.6) is 5.75 Å². The topological polar surface area (TPSA) is 85.2 Å². The van der Waals surface area contributed by atoms with Crippen molar-refractivity contribution in [2.75, 3.05) is 7.11 Å². The smallest absolute Gasteiger partial charge is 0.289 e. The number of primary amides is 1. The molecular weight excluding hydrogens is 232 g/mol. The molecule has 0 bridgehead atoms. The molecule has 0 unspecified atom stereocenters. The molecule has 1 heterocycles. The second-order valence-electron chi connectivity index (χ2n) is 3.94. The van der Waals surface area contributed by atoms with Gasteiger partial charge in [-0.05, 0) is 24.6 Å². The second kappa shape index (κ2) is 4.52.